The highest BCUT2D eigenvalue weighted by atomic mass is 16.5. The number of nitrogens with zero attached hydrogens (tertiary/aromatic N) is 1. The Morgan fingerprint density at radius 3 is 2.70 bits per heavy atom. The van der Waals surface area contributed by atoms with E-state index in [-0.39, 0.29) is 6.42 Å². The molecule has 1 aromatic heterocycles. The van der Waals surface area contributed by atoms with Crippen LogP contribution in [0.15, 0.2) is 59.2 Å². The topological polar surface area (TPSA) is 81.8 Å². The van der Waals surface area contributed by atoms with Crippen molar-refractivity contribution in [2.24, 2.45) is 0 Å². The third-order valence-electron chi connectivity index (χ3n) is 4.02. The summed E-state index contributed by atoms with van der Waals surface area (Å²) in [6.07, 6.45) is 2.76. The van der Waals surface area contributed by atoms with E-state index in [1.165, 1.54) is 0 Å². The number of aliphatic carboxylic acids is 1. The number of aromatic nitrogens is 1. The maximum absolute atomic E-state index is 10.6. The van der Waals surface area contributed by atoms with Gasteiger partial charge in [-0.15, -0.1) is 0 Å². The average Bonchev–Trinajstić information content (AvgIpc) is 3.15. The molecule has 0 radical (unpaired) electrons. The molecule has 6 nitrogen and oxygen atoms in total. The molecule has 0 atom stereocenters. The van der Waals surface area contributed by atoms with Crippen molar-refractivity contribution in [3.63, 3.8) is 0 Å². The van der Waals surface area contributed by atoms with Crippen molar-refractivity contribution >= 4 is 5.97 Å². The number of ether oxygens (including phenoxy) is 2. The molecule has 0 bridgehead atoms. The molecule has 1 N–H and O–H groups in total. The van der Waals surface area contributed by atoms with Crippen molar-refractivity contribution in [1.82, 2.24) is 4.98 Å². The van der Waals surface area contributed by atoms with Crippen LogP contribution < -0.4 is 9.47 Å². The standard InChI is InChI=1S/C21H21NO5/c1-25-18-11-10-16(12-19(18)26-13-15-6-3-2-4-7-15)21-22-17(14-27-21)8-5-9-20(23)24/h2-4,6-7,10-12,14H,5,8-9,13H2,1H3,(H,23,24). The van der Waals surface area contributed by atoms with Crippen molar-refractivity contribution < 1.29 is 23.8 Å². The van der Waals surface area contributed by atoms with Gasteiger partial charge in [0.25, 0.3) is 0 Å². The zero-order valence-electron chi connectivity index (χ0n) is 15.1. The van der Waals surface area contributed by atoms with Crippen LogP contribution in [0.4, 0.5) is 0 Å². The van der Waals surface area contributed by atoms with E-state index in [0.29, 0.717) is 36.8 Å². The smallest absolute Gasteiger partial charge is 0.303 e. The van der Waals surface area contributed by atoms with Gasteiger partial charge in [-0.25, -0.2) is 4.98 Å². The number of oxazole rings is 1. The van der Waals surface area contributed by atoms with Crippen LogP contribution in [-0.4, -0.2) is 23.2 Å². The molecule has 0 aliphatic rings. The number of methoxy groups -OCH3 is 1. The summed E-state index contributed by atoms with van der Waals surface area (Å²) in [7, 11) is 1.59. The molecule has 0 aliphatic carbocycles. The monoisotopic (exact) mass is 367 g/mol. The van der Waals surface area contributed by atoms with E-state index in [4.69, 9.17) is 19.0 Å². The van der Waals surface area contributed by atoms with Gasteiger partial charge in [-0.2, -0.15) is 0 Å². The summed E-state index contributed by atoms with van der Waals surface area (Å²) in [5.74, 6) is 0.883. The number of aryl methyl sites for hydroxylation is 1. The first-order valence-electron chi connectivity index (χ1n) is 8.67. The Kier molecular flexibility index (Phi) is 6.10. The highest BCUT2D eigenvalue weighted by Crippen LogP contribution is 2.33. The van der Waals surface area contributed by atoms with Crippen LogP contribution in [0.25, 0.3) is 11.5 Å². The van der Waals surface area contributed by atoms with Gasteiger partial charge < -0.3 is 19.0 Å². The van der Waals surface area contributed by atoms with Gasteiger partial charge in [0.1, 0.15) is 12.9 Å². The number of hydrogen-bond acceptors (Lipinski definition) is 5. The highest BCUT2D eigenvalue weighted by Gasteiger charge is 2.12. The molecule has 0 saturated carbocycles. The molecule has 27 heavy (non-hydrogen) atoms. The SMILES string of the molecule is COc1ccc(-c2nc(CCCC(=O)O)co2)cc1OCc1ccccc1. The van der Waals surface area contributed by atoms with Crippen LogP contribution >= 0.6 is 0 Å². The third-order valence-corrected chi connectivity index (χ3v) is 4.02. The second-order valence-corrected chi connectivity index (χ2v) is 6.03. The molecule has 2 aromatic carbocycles. The fourth-order valence-corrected chi connectivity index (χ4v) is 2.63. The third kappa shape index (κ3) is 5.10. The van der Waals surface area contributed by atoms with E-state index in [9.17, 15) is 4.79 Å². The van der Waals surface area contributed by atoms with Gasteiger partial charge in [0.15, 0.2) is 11.5 Å². The Bertz CT molecular complexity index is 889. The number of benzene rings is 2. The van der Waals surface area contributed by atoms with Gasteiger partial charge in [0.05, 0.1) is 12.8 Å². The fourth-order valence-electron chi connectivity index (χ4n) is 2.63. The van der Waals surface area contributed by atoms with E-state index in [2.05, 4.69) is 4.98 Å². The molecule has 0 aliphatic heterocycles. The zero-order valence-corrected chi connectivity index (χ0v) is 15.1. The van der Waals surface area contributed by atoms with Crippen LogP contribution in [0.2, 0.25) is 0 Å². The first kappa shape index (κ1) is 18.5. The number of carbonyl (C=O) groups is 1. The number of carboxylic acid groups (broad SMARTS) is 1. The number of carboxylic acids is 1. The lowest BCUT2D eigenvalue weighted by Gasteiger charge is -2.11. The van der Waals surface area contributed by atoms with Crippen LogP contribution in [0, 0.1) is 0 Å². The van der Waals surface area contributed by atoms with Gasteiger partial charge in [-0.1, -0.05) is 30.3 Å². The minimum Gasteiger partial charge on any atom is -0.493 e. The quantitative estimate of drug-likeness (QED) is 0.606. The lowest BCUT2D eigenvalue weighted by molar-refractivity contribution is -0.137. The summed E-state index contributed by atoms with van der Waals surface area (Å²) in [5.41, 5.74) is 2.55. The van der Waals surface area contributed by atoms with Crippen LogP contribution in [0.1, 0.15) is 24.1 Å². The van der Waals surface area contributed by atoms with Crippen LogP contribution in [0.3, 0.4) is 0 Å². The maximum atomic E-state index is 10.6. The lowest BCUT2D eigenvalue weighted by atomic mass is 10.2. The van der Waals surface area contributed by atoms with Gasteiger partial charge >= 0.3 is 5.97 Å². The molecular formula is C21H21NO5. The molecule has 0 amide bonds. The second kappa shape index (κ2) is 8.89. The largest absolute Gasteiger partial charge is 0.493 e. The van der Waals surface area contributed by atoms with E-state index >= 15 is 0 Å². The number of rotatable bonds is 9. The molecule has 0 saturated heterocycles. The van der Waals surface area contributed by atoms with E-state index in [0.717, 1.165) is 16.8 Å². The Morgan fingerprint density at radius 1 is 1.15 bits per heavy atom. The Balaban J connectivity index is 1.72. The average molecular weight is 367 g/mol. The highest BCUT2D eigenvalue weighted by molar-refractivity contribution is 5.66. The molecule has 0 unspecified atom stereocenters. The van der Waals surface area contributed by atoms with E-state index in [1.807, 2.05) is 48.5 Å². The first-order chi connectivity index (χ1) is 13.2. The zero-order chi connectivity index (χ0) is 19.1. The minimum absolute atomic E-state index is 0.113. The Hall–Kier alpha value is -3.28. The molecule has 1 heterocycles. The predicted octanol–water partition coefficient (Wildman–Crippen LogP) is 4.34. The van der Waals surface area contributed by atoms with Crippen molar-refractivity contribution in [2.75, 3.05) is 7.11 Å². The summed E-state index contributed by atoms with van der Waals surface area (Å²) in [4.78, 5) is 15.0. The van der Waals surface area contributed by atoms with Gasteiger partial charge in [0, 0.05) is 12.0 Å². The first-order valence-corrected chi connectivity index (χ1v) is 8.67. The summed E-state index contributed by atoms with van der Waals surface area (Å²) >= 11 is 0. The molecule has 0 spiro atoms. The predicted molar refractivity (Wildman–Crippen MR) is 99.8 cm³/mol. The second-order valence-electron chi connectivity index (χ2n) is 6.03. The fraction of sp³-hybridized carbons (Fsp3) is 0.238. The molecule has 3 aromatic rings. The van der Waals surface area contributed by atoms with Crippen LogP contribution in [-0.2, 0) is 17.8 Å². The van der Waals surface area contributed by atoms with Gasteiger partial charge in [0.2, 0.25) is 5.89 Å². The van der Waals surface area contributed by atoms with Crippen molar-refractivity contribution in [3.05, 3.63) is 66.1 Å². The number of hydrogen-bond donors (Lipinski definition) is 1. The summed E-state index contributed by atoms with van der Waals surface area (Å²) in [5, 5.41) is 8.72. The summed E-state index contributed by atoms with van der Waals surface area (Å²) in [6.45, 7) is 0.423. The van der Waals surface area contributed by atoms with Crippen molar-refractivity contribution in [2.45, 2.75) is 25.9 Å². The van der Waals surface area contributed by atoms with Gasteiger partial charge in [-0.3, -0.25) is 4.79 Å². The Labute approximate surface area is 157 Å². The van der Waals surface area contributed by atoms with Crippen LogP contribution in [0.5, 0.6) is 11.5 Å². The molecule has 0 fully saturated rings. The van der Waals surface area contributed by atoms with Crippen molar-refractivity contribution in [3.8, 4) is 23.0 Å². The molecule has 140 valence electrons. The Morgan fingerprint density at radius 2 is 1.96 bits per heavy atom. The van der Waals surface area contributed by atoms with Crippen molar-refractivity contribution in [1.29, 1.82) is 0 Å². The van der Waals surface area contributed by atoms with E-state index < -0.39 is 5.97 Å². The molecule has 6 heteroatoms. The van der Waals surface area contributed by atoms with Gasteiger partial charge in [-0.05, 0) is 36.6 Å². The minimum atomic E-state index is -0.811. The normalized spacial score (nSPS) is 10.6. The lowest BCUT2D eigenvalue weighted by Crippen LogP contribution is -1.98. The maximum Gasteiger partial charge on any atom is 0.303 e. The summed E-state index contributed by atoms with van der Waals surface area (Å²) in [6, 6.07) is 15.4. The summed E-state index contributed by atoms with van der Waals surface area (Å²) < 4.78 is 16.8. The van der Waals surface area contributed by atoms with E-state index in [1.54, 1.807) is 13.4 Å². The molecule has 3 rings (SSSR count). The molecular weight excluding hydrogens is 346 g/mol.